The minimum absolute atomic E-state index is 0.273. The van der Waals surface area contributed by atoms with Gasteiger partial charge in [-0.25, -0.2) is 0 Å². The number of nitrogens with one attached hydrogen (secondary N) is 1. The third-order valence-electron chi connectivity index (χ3n) is 4.43. The topological polar surface area (TPSA) is 39.3 Å². The molecule has 2 saturated heterocycles. The largest absolute Gasteiger partial charge is 0.364 e. The first kappa shape index (κ1) is 12.2. The van der Waals surface area contributed by atoms with E-state index in [1.54, 1.807) is 11.3 Å². The molecule has 2 unspecified atom stereocenters. The fourth-order valence-electron chi connectivity index (χ4n) is 3.54. The summed E-state index contributed by atoms with van der Waals surface area (Å²) in [5.41, 5.74) is 2.31. The van der Waals surface area contributed by atoms with Crippen LogP contribution in [0.3, 0.4) is 0 Å². The van der Waals surface area contributed by atoms with Gasteiger partial charge in [0.25, 0.3) is 0 Å². The number of H-pyrrole nitrogens is 1. The quantitative estimate of drug-likeness (QED) is 0.942. The molecule has 0 radical (unpaired) electrons. The first-order valence-electron chi connectivity index (χ1n) is 7.03. The molecule has 4 rings (SSSR count). The van der Waals surface area contributed by atoms with Gasteiger partial charge in [-0.05, 0) is 30.0 Å². The monoisotopic (exact) mass is 287 g/mol. The van der Waals surface area contributed by atoms with Gasteiger partial charge in [-0.1, -0.05) is 0 Å². The molecule has 20 heavy (non-hydrogen) atoms. The summed E-state index contributed by atoms with van der Waals surface area (Å²) >= 11 is 1.65. The van der Waals surface area contributed by atoms with E-state index in [2.05, 4.69) is 27.4 Å². The van der Waals surface area contributed by atoms with Gasteiger partial charge in [-0.15, -0.1) is 0 Å². The molecule has 104 valence electrons. The Morgan fingerprint density at radius 2 is 2.30 bits per heavy atom. The Labute approximate surface area is 122 Å². The number of amides is 1. The molecule has 2 aliphatic heterocycles. The first-order chi connectivity index (χ1) is 9.83. The molecule has 0 saturated carbocycles. The summed E-state index contributed by atoms with van der Waals surface area (Å²) in [7, 11) is 0. The number of thiophene rings is 1. The van der Waals surface area contributed by atoms with Gasteiger partial charge >= 0.3 is 0 Å². The maximum atomic E-state index is 12.3. The summed E-state index contributed by atoms with van der Waals surface area (Å²) in [5, 5.41) is 4.12. The molecule has 0 aromatic carbocycles. The number of aromatic amines is 1. The van der Waals surface area contributed by atoms with E-state index < -0.39 is 0 Å². The Balaban J connectivity index is 1.55. The highest BCUT2D eigenvalue weighted by atomic mass is 32.1. The molecule has 1 amide bonds. The number of anilines is 1. The number of fused-ring (bicyclic) bond motifs is 1. The van der Waals surface area contributed by atoms with Crippen molar-refractivity contribution >= 4 is 22.9 Å². The van der Waals surface area contributed by atoms with Crippen LogP contribution in [0.4, 0.5) is 5.69 Å². The van der Waals surface area contributed by atoms with Crippen LogP contribution in [0.25, 0.3) is 0 Å². The second kappa shape index (κ2) is 4.75. The van der Waals surface area contributed by atoms with Crippen LogP contribution in [0, 0.1) is 0 Å². The molecule has 1 N–H and O–H groups in total. The van der Waals surface area contributed by atoms with Crippen molar-refractivity contribution in [3.63, 3.8) is 0 Å². The van der Waals surface area contributed by atoms with E-state index in [4.69, 9.17) is 0 Å². The van der Waals surface area contributed by atoms with E-state index in [0.29, 0.717) is 18.5 Å². The van der Waals surface area contributed by atoms with Crippen molar-refractivity contribution in [2.45, 2.75) is 31.5 Å². The van der Waals surface area contributed by atoms with Crippen LogP contribution < -0.4 is 4.90 Å². The molecule has 0 spiro atoms. The molecule has 2 fully saturated rings. The maximum Gasteiger partial charge on any atom is 0.228 e. The summed E-state index contributed by atoms with van der Waals surface area (Å²) in [6.45, 7) is 1.99. The summed E-state index contributed by atoms with van der Waals surface area (Å²) in [6.07, 6.45) is 3.69. The van der Waals surface area contributed by atoms with E-state index in [-0.39, 0.29) is 5.91 Å². The Bertz CT molecular complexity index is 593. The number of carbonyl (C=O) groups excluding carboxylic acids is 1. The van der Waals surface area contributed by atoms with Gasteiger partial charge in [0.05, 0.1) is 11.7 Å². The average molecular weight is 287 g/mol. The number of nitrogens with zero attached hydrogens (tertiary/aromatic N) is 2. The molecule has 0 bridgehead atoms. The Hall–Kier alpha value is -1.59. The van der Waals surface area contributed by atoms with Crippen LogP contribution in [0.1, 0.15) is 18.5 Å². The molecule has 4 nitrogen and oxygen atoms in total. The van der Waals surface area contributed by atoms with Gasteiger partial charge in [-0.2, -0.15) is 11.3 Å². The molecular weight excluding hydrogens is 270 g/mol. The van der Waals surface area contributed by atoms with Gasteiger partial charge < -0.3 is 9.88 Å². The molecule has 2 aromatic rings. The van der Waals surface area contributed by atoms with Crippen LogP contribution in [0.15, 0.2) is 35.2 Å². The van der Waals surface area contributed by atoms with Gasteiger partial charge in [-0.3, -0.25) is 9.69 Å². The molecular formula is C15H17N3OS. The highest BCUT2D eigenvalue weighted by molar-refractivity contribution is 7.08. The zero-order valence-corrected chi connectivity index (χ0v) is 12.0. The Morgan fingerprint density at radius 1 is 1.35 bits per heavy atom. The lowest BCUT2D eigenvalue weighted by molar-refractivity contribution is -0.117. The normalized spacial score (nSPS) is 26.4. The smallest absolute Gasteiger partial charge is 0.228 e. The van der Waals surface area contributed by atoms with Crippen LogP contribution in [-0.4, -0.2) is 34.4 Å². The summed E-state index contributed by atoms with van der Waals surface area (Å²) in [4.78, 5) is 20.1. The van der Waals surface area contributed by atoms with Crippen LogP contribution >= 0.6 is 11.3 Å². The standard InChI is InChI=1S/C15H17N3OS/c19-15-8-14-13(18(15)12-4-7-20-10-12)3-6-17(14)9-11-2-1-5-16-11/h1-2,4-5,7,10,13-14,16H,3,6,8-9H2. The Morgan fingerprint density at radius 3 is 3.05 bits per heavy atom. The van der Waals surface area contributed by atoms with Gasteiger partial charge in [0, 0.05) is 42.8 Å². The molecule has 2 atom stereocenters. The van der Waals surface area contributed by atoms with E-state index in [1.165, 1.54) is 5.69 Å². The minimum Gasteiger partial charge on any atom is -0.364 e. The van der Waals surface area contributed by atoms with Gasteiger partial charge in [0.1, 0.15) is 0 Å². The second-order valence-corrected chi connectivity index (χ2v) is 6.32. The predicted octanol–water partition coefficient (Wildman–Crippen LogP) is 2.46. The number of aromatic nitrogens is 1. The van der Waals surface area contributed by atoms with Crippen molar-refractivity contribution in [1.82, 2.24) is 9.88 Å². The number of carbonyl (C=O) groups is 1. The third-order valence-corrected chi connectivity index (χ3v) is 5.10. The third kappa shape index (κ3) is 1.89. The van der Waals surface area contributed by atoms with Crippen molar-refractivity contribution in [1.29, 1.82) is 0 Å². The second-order valence-electron chi connectivity index (χ2n) is 5.54. The highest BCUT2D eigenvalue weighted by Gasteiger charge is 2.47. The number of hydrogen-bond donors (Lipinski definition) is 1. The van der Waals surface area contributed by atoms with Gasteiger partial charge in [0.2, 0.25) is 5.91 Å². The minimum atomic E-state index is 0.273. The maximum absolute atomic E-state index is 12.3. The van der Waals surface area contributed by atoms with Crippen molar-refractivity contribution in [3.8, 4) is 0 Å². The first-order valence-corrected chi connectivity index (χ1v) is 7.98. The lowest BCUT2D eigenvalue weighted by Gasteiger charge is -2.24. The number of rotatable bonds is 3. The fraction of sp³-hybridized carbons (Fsp3) is 0.400. The number of likely N-dealkylation sites (tertiary alicyclic amines) is 1. The van der Waals surface area contributed by atoms with Crippen LogP contribution in [-0.2, 0) is 11.3 Å². The zero-order chi connectivity index (χ0) is 13.5. The summed E-state index contributed by atoms with van der Waals surface area (Å²) in [5.74, 6) is 0.273. The van der Waals surface area contributed by atoms with Crippen molar-refractivity contribution in [2.75, 3.05) is 11.4 Å². The number of hydrogen-bond acceptors (Lipinski definition) is 3. The molecule has 2 aromatic heterocycles. The predicted molar refractivity (Wildman–Crippen MR) is 79.8 cm³/mol. The van der Waals surface area contributed by atoms with E-state index in [9.17, 15) is 4.79 Å². The lowest BCUT2D eigenvalue weighted by Crippen LogP contribution is -2.37. The molecule has 2 aliphatic rings. The van der Waals surface area contributed by atoms with Crippen molar-refractivity contribution in [3.05, 3.63) is 40.8 Å². The van der Waals surface area contributed by atoms with E-state index in [1.807, 2.05) is 22.5 Å². The highest BCUT2D eigenvalue weighted by Crippen LogP contribution is 2.37. The lowest BCUT2D eigenvalue weighted by atomic mass is 10.1. The van der Waals surface area contributed by atoms with Crippen LogP contribution in [0.5, 0.6) is 0 Å². The van der Waals surface area contributed by atoms with E-state index >= 15 is 0 Å². The molecule has 0 aliphatic carbocycles. The van der Waals surface area contributed by atoms with E-state index in [0.717, 1.165) is 25.2 Å². The summed E-state index contributed by atoms with van der Waals surface area (Å²) < 4.78 is 0. The van der Waals surface area contributed by atoms with Crippen LogP contribution in [0.2, 0.25) is 0 Å². The SMILES string of the molecule is O=C1CC2C(CCN2Cc2ccc[nH]2)N1c1ccsc1. The van der Waals surface area contributed by atoms with Crippen molar-refractivity contribution < 1.29 is 4.79 Å². The zero-order valence-electron chi connectivity index (χ0n) is 11.2. The Kier molecular flexibility index (Phi) is 2.89. The molecule has 5 heteroatoms. The summed E-state index contributed by atoms with van der Waals surface area (Å²) in [6, 6.07) is 6.91. The average Bonchev–Trinajstić information content (AvgIpc) is 3.16. The van der Waals surface area contributed by atoms with Gasteiger partial charge in [0.15, 0.2) is 0 Å². The van der Waals surface area contributed by atoms with Crippen molar-refractivity contribution in [2.24, 2.45) is 0 Å². The molecule has 4 heterocycles. The fourth-order valence-corrected chi connectivity index (χ4v) is 4.17.